The van der Waals surface area contributed by atoms with E-state index in [9.17, 15) is 26.7 Å². The number of hydrogen-bond donors (Lipinski definition) is 1. The standard InChI is InChI=1S/C12H12F5NO/c1-4-12(2,3)11(19)18-10-8(16)6(14)5(13)7(15)9(10)17/h4H2,1-3H3,(H,18,19). The summed E-state index contributed by atoms with van der Waals surface area (Å²) in [5.41, 5.74) is -2.33. The summed E-state index contributed by atoms with van der Waals surface area (Å²) < 4.78 is 65.3. The molecule has 1 aromatic carbocycles. The van der Waals surface area contributed by atoms with Crippen molar-refractivity contribution in [1.82, 2.24) is 0 Å². The van der Waals surface area contributed by atoms with Crippen molar-refractivity contribution in [2.24, 2.45) is 5.41 Å². The van der Waals surface area contributed by atoms with E-state index < -0.39 is 46.1 Å². The molecule has 1 rings (SSSR count). The Morgan fingerprint density at radius 2 is 1.32 bits per heavy atom. The van der Waals surface area contributed by atoms with Crippen LogP contribution in [0.3, 0.4) is 0 Å². The fourth-order valence-corrected chi connectivity index (χ4v) is 1.16. The molecule has 0 aliphatic rings. The first kappa shape index (κ1) is 15.4. The molecular weight excluding hydrogens is 269 g/mol. The van der Waals surface area contributed by atoms with E-state index in [1.807, 2.05) is 0 Å². The highest BCUT2D eigenvalue weighted by atomic mass is 19.2. The first-order chi connectivity index (χ1) is 8.63. The van der Waals surface area contributed by atoms with Gasteiger partial charge in [0.25, 0.3) is 0 Å². The molecule has 0 aliphatic carbocycles. The highest BCUT2D eigenvalue weighted by Crippen LogP contribution is 2.29. The number of carbonyl (C=O) groups is 1. The summed E-state index contributed by atoms with van der Waals surface area (Å²) in [4.78, 5) is 11.7. The van der Waals surface area contributed by atoms with Gasteiger partial charge < -0.3 is 5.32 Å². The van der Waals surface area contributed by atoms with Crippen LogP contribution in [0.5, 0.6) is 0 Å². The quantitative estimate of drug-likeness (QED) is 0.510. The third kappa shape index (κ3) is 2.69. The summed E-state index contributed by atoms with van der Waals surface area (Å²) in [5.74, 6) is -11.4. The van der Waals surface area contributed by atoms with Crippen LogP contribution < -0.4 is 5.32 Å². The minimum Gasteiger partial charge on any atom is -0.321 e. The van der Waals surface area contributed by atoms with E-state index in [2.05, 4.69) is 0 Å². The Labute approximate surface area is 106 Å². The molecular formula is C12H12F5NO. The third-order valence-corrected chi connectivity index (χ3v) is 2.95. The molecule has 1 aromatic rings. The minimum atomic E-state index is -2.26. The zero-order valence-corrected chi connectivity index (χ0v) is 10.5. The van der Waals surface area contributed by atoms with E-state index in [-0.39, 0.29) is 0 Å². The van der Waals surface area contributed by atoms with Crippen LogP contribution in [0, 0.1) is 34.5 Å². The van der Waals surface area contributed by atoms with Gasteiger partial charge in [0, 0.05) is 5.41 Å². The Balaban J connectivity index is 3.27. The summed E-state index contributed by atoms with van der Waals surface area (Å²) in [6.07, 6.45) is 0.328. The van der Waals surface area contributed by atoms with Crippen LogP contribution in [-0.4, -0.2) is 5.91 Å². The Morgan fingerprint density at radius 3 is 1.68 bits per heavy atom. The molecule has 19 heavy (non-hydrogen) atoms. The number of rotatable bonds is 3. The van der Waals surface area contributed by atoms with Crippen molar-refractivity contribution in [2.75, 3.05) is 5.32 Å². The number of anilines is 1. The van der Waals surface area contributed by atoms with E-state index in [0.717, 1.165) is 0 Å². The largest absolute Gasteiger partial charge is 0.321 e. The molecule has 1 amide bonds. The third-order valence-electron chi connectivity index (χ3n) is 2.95. The monoisotopic (exact) mass is 281 g/mol. The predicted octanol–water partition coefficient (Wildman–Crippen LogP) is 3.76. The Bertz CT molecular complexity index is 498. The second-order valence-corrected chi connectivity index (χ2v) is 4.64. The van der Waals surface area contributed by atoms with Crippen molar-refractivity contribution < 1.29 is 26.7 Å². The SMILES string of the molecule is CCC(C)(C)C(=O)Nc1c(F)c(F)c(F)c(F)c1F. The van der Waals surface area contributed by atoms with Gasteiger partial charge in [-0.15, -0.1) is 0 Å². The molecule has 0 bridgehead atoms. The van der Waals surface area contributed by atoms with Crippen molar-refractivity contribution in [1.29, 1.82) is 0 Å². The molecule has 106 valence electrons. The molecule has 7 heteroatoms. The summed E-state index contributed by atoms with van der Waals surface area (Å²) in [6.45, 7) is 4.61. The number of carbonyl (C=O) groups excluding carboxylic acids is 1. The van der Waals surface area contributed by atoms with E-state index in [4.69, 9.17) is 0 Å². The van der Waals surface area contributed by atoms with Gasteiger partial charge in [-0.25, -0.2) is 22.0 Å². The highest BCUT2D eigenvalue weighted by Gasteiger charge is 2.31. The molecule has 0 fully saturated rings. The zero-order valence-electron chi connectivity index (χ0n) is 10.5. The molecule has 0 unspecified atom stereocenters. The van der Waals surface area contributed by atoms with Crippen LogP contribution >= 0.6 is 0 Å². The van der Waals surface area contributed by atoms with Crippen LogP contribution in [0.25, 0.3) is 0 Å². The molecule has 0 heterocycles. The summed E-state index contributed by atoms with van der Waals surface area (Å²) in [5, 5.41) is 1.74. The molecule has 0 atom stereocenters. The molecule has 0 aromatic heterocycles. The smallest absolute Gasteiger partial charge is 0.230 e. The van der Waals surface area contributed by atoms with Gasteiger partial charge in [0.05, 0.1) is 0 Å². The molecule has 0 saturated heterocycles. The number of amides is 1. The van der Waals surface area contributed by atoms with Crippen molar-refractivity contribution >= 4 is 11.6 Å². The normalized spacial score (nSPS) is 11.6. The highest BCUT2D eigenvalue weighted by molar-refractivity contribution is 5.95. The fraction of sp³-hybridized carbons (Fsp3) is 0.417. The Hall–Kier alpha value is -1.66. The maximum Gasteiger partial charge on any atom is 0.230 e. The van der Waals surface area contributed by atoms with Gasteiger partial charge in [0.1, 0.15) is 5.69 Å². The van der Waals surface area contributed by atoms with Gasteiger partial charge in [-0.3, -0.25) is 4.79 Å². The first-order valence-corrected chi connectivity index (χ1v) is 5.46. The van der Waals surface area contributed by atoms with Crippen molar-refractivity contribution in [3.63, 3.8) is 0 Å². The van der Waals surface area contributed by atoms with Gasteiger partial charge in [-0.1, -0.05) is 20.8 Å². The second kappa shape index (κ2) is 5.14. The maximum atomic E-state index is 13.3. The molecule has 0 spiro atoms. The predicted molar refractivity (Wildman–Crippen MR) is 58.9 cm³/mol. The van der Waals surface area contributed by atoms with Crippen molar-refractivity contribution in [3.05, 3.63) is 29.1 Å². The van der Waals surface area contributed by atoms with E-state index in [1.165, 1.54) is 13.8 Å². The maximum absolute atomic E-state index is 13.3. The van der Waals surface area contributed by atoms with E-state index in [0.29, 0.717) is 6.42 Å². The number of benzene rings is 1. The summed E-state index contributed by atoms with van der Waals surface area (Å²) >= 11 is 0. The zero-order chi connectivity index (χ0) is 15.0. The lowest BCUT2D eigenvalue weighted by Crippen LogP contribution is -2.31. The molecule has 1 N–H and O–H groups in total. The lowest BCUT2D eigenvalue weighted by Gasteiger charge is -2.22. The molecule has 2 nitrogen and oxygen atoms in total. The minimum absolute atomic E-state index is 0.328. The van der Waals surface area contributed by atoms with Gasteiger partial charge in [0.2, 0.25) is 11.7 Å². The second-order valence-electron chi connectivity index (χ2n) is 4.64. The lowest BCUT2D eigenvalue weighted by molar-refractivity contribution is -0.124. The Morgan fingerprint density at radius 1 is 0.947 bits per heavy atom. The van der Waals surface area contributed by atoms with Gasteiger partial charge in [-0.2, -0.15) is 0 Å². The van der Waals surface area contributed by atoms with Gasteiger partial charge in [0.15, 0.2) is 23.3 Å². The summed E-state index contributed by atoms with van der Waals surface area (Å²) in [6, 6.07) is 0. The van der Waals surface area contributed by atoms with Crippen LogP contribution in [0.15, 0.2) is 0 Å². The van der Waals surface area contributed by atoms with Crippen LogP contribution in [-0.2, 0) is 4.79 Å². The summed E-state index contributed by atoms with van der Waals surface area (Å²) in [7, 11) is 0. The van der Waals surface area contributed by atoms with Crippen LogP contribution in [0.4, 0.5) is 27.6 Å². The van der Waals surface area contributed by atoms with Crippen LogP contribution in [0.1, 0.15) is 27.2 Å². The molecule has 0 saturated carbocycles. The molecule has 0 radical (unpaired) electrons. The van der Waals surface area contributed by atoms with Gasteiger partial charge in [-0.05, 0) is 6.42 Å². The van der Waals surface area contributed by atoms with Crippen molar-refractivity contribution in [3.8, 4) is 0 Å². The van der Waals surface area contributed by atoms with E-state index >= 15 is 0 Å². The average molecular weight is 281 g/mol. The average Bonchev–Trinajstić information content (AvgIpc) is 2.38. The van der Waals surface area contributed by atoms with Gasteiger partial charge >= 0.3 is 0 Å². The fourth-order valence-electron chi connectivity index (χ4n) is 1.16. The number of nitrogens with one attached hydrogen (secondary N) is 1. The first-order valence-electron chi connectivity index (χ1n) is 5.46. The number of hydrogen-bond acceptors (Lipinski definition) is 1. The van der Waals surface area contributed by atoms with Crippen LogP contribution in [0.2, 0.25) is 0 Å². The molecule has 0 aliphatic heterocycles. The van der Waals surface area contributed by atoms with E-state index in [1.54, 1.807) is 12.2 Å². The Kier molecular flexibility index (Phi) is 4.17. The lowest BCUT2D eigenvalue weighted by atomic mass is 9.89. The topological polar surface area (TPSA) is 29.1 Å². The number of halogens is 5. The van der Waals surface area contributed by atoms with Crippen molar-refractivity contribution in [2.45, 2.75) is 27.2 Å².